The third kappa shape index (κ3) is 4.09. The van der Waals surface area contributed by atoms with E-state index in [9.17, 15) is 18.4 Å². The minimum absolute atomic E-state index is 0.0601. The monoisotopic (exact) mass is 378 g/mol. The van der Waals surface area contributed by atoms with E-state index in [-0.39, 0.29) is 23.3 Å². The number of hydrogen-bond acceptors (Lipinski definition) is 3. The van der Waals surface area contributed by atoms with Crippen LogP contribution in [0.15, 0.2) is 35.7 Å². The van der Waals surface area contributed by atoms with Crippen LogP contribution in [0.2, 0.25) is 0 Å². The first-order valence-corrected chi connectivity index (χ1v) is 9.42. The SMILES string of the molecule is C[C@@H](NC(=O)[C@H]1CCCN(C(=O)c2cccs2)C1)c1ccc(F)cc1F. The van der Waals surface area contributed by atoms with Crippen molar-refractivity contribution in [2.24, 2.45) is 5.92 Å². The standard InChI is InChI=1S/C19H20F2N2O2S/c1-12(15-7-6-14(20)10-16(15)21)22-18(24)13-4-2-8-23(11-13)19(25)17-5-3-9-26-17/h3,5-7,9-10,12-13H,2,4,8,11H2,1H3,(H,22,24)/t12-,13+/m1/s1. The molecule has 2 heterocycles. The molecule has 0 radical (unpaired) electrons. The second-order valence-corrected chi connectivity index (χ2v) is 7.41. The number of amides is 2. The van der Waals surface area contributed by atoms with Gasteiger partial charge < -0.3 is 10.2 Å². The molecule has 1 fully saturated rings. The summed E-state index contributed by atoms with van der Waals surface area (Å²) < 4.78 is 26.9. The maximum absolute atomic E-state index is 13.9. The molecule has 4 nitrogen and oxygen atoms in total. The Kier molecular flexibility index (Phi) is 5.66. The minimum Gasteiger partial charge on any atom is -0.349 e. The van der Waals surface area contributed by atoms with Crippen molar-refractivity contribution in [1.82, 2.24) is 10.2 Å². The predicted molar refractivity (Wildman–Crippen MR) is 95.9 cm³/mol. The van der Waals surface area contributed by atoms with Gasteiger partial charge in [0.15, 0.2) is 0 Å². The van der Waals surface area contributed by atoms with Gasteiger partial charge in [0.2, 0.25) is 5.91 Å². The van der Waals surface area contributed by atoms with Gasteiger partial charge in [-0.2, -0.15) is 0 Å². The smallest absolute Gasteiger partial charge is 0.263 e. The first-order valence-electron chi connectivity index (χ1n) is 8.54. The molecule has 3 rings (SSSR count). The second kappa shape index (κ2) is 7.95. The summed E-state index contributed by atoms with van der Waals surface area (Å²) in [5, 5.41) is 4.63. The van der Waals surface area contributed by atoms with Gasteiger partial charge >= 0.3 is 0 Å². The van der Waals surface area contributed by atoms with Crippen molar-refractivity contribution in [3.05, 3.63) is 57.8 Å². The molecule has 1 saturated heterocycles. The van der Waals surface area contributed by atoms with Crippen LogP contribution in [0.25, 0.3) is 0 Å². The number of halogens is 2. The third-order valence-electron chi connectivity index (χ3n) is 4.60. The number of nitrogens with one attached hydrogen (secondary N) is 1. The fourth-order valence-corrected chi connectivity index (χ4v) is 3.88. The molecule has 2 amide bonds. The summed E-state index contributed by atoms with van der Waals surface area (Å²) in [5.74, 6) is -1.95. The zero-order chi connectivity index (χ0) is 18.7. The lowest BCUT2D eigenvalue weighted by molar-refractivity contribution is -0.127. The fourth-order valence-electron chi connectivity index (χ4n) is 3.19. The average Bonchev–Trinajstić information content (AvgIpc) is 3.15. The molecule has 1 aliphatic rings. The van der Waals surface area contributed by atoms with E-state index < -0.39 is 17.7 Å². The van der Waals surface area contributed by atoms with Crippen LogP contribution in [0.1, 0.15) is 41.0 Å². The highest BCUT2D eigenvalue weighted by Crippen LogP contribution is 2.23. The Labute approximate surface area is 154 Å². The Bertz CT molecular complexity index is 795. The lowest BCUT2D eigenvalue weighted by Gasteiger charge is -2.32. The van der Waals surface area contributed by atoms with Crippen molar-refractivity contribution in [3.63, 3.8) is 0 Å². The lowest BCUT2D eigenvalue weighted by Crippen LogP contribution is -2.45. The molecule has 0 unspecified atom stereocenters. The highest BCUT2D eigenvalue weighted by molar-refractivity contribution is 7.12. The second-order valence-electron chi connectivity index (χ2n) is 6.46. The van der Waals surface area contributed by atoms with Gasteiger partial charge in [-0.25, -0.2) is 8.78 Å². The van der Waals surface area contributed by atoms with Gasteiger partial charge in [-0.05, 0) is 37.3 Å². The third-order valence-corrected chi connectivity index (χ3v) is 5.46. The van der Waals surface area contributed by atoms with Crippen LogP contribution >= 0.6 is 11.3 Å². The Hall–Kier alpha value is -2.28. The van der Waals surface area contributed by atoms with E-state index >= 15 is 0 Å². The summed E-state index contributed by atoms with van der Waals surface area (Å²) in [4.78, 5) is 27.4. The number of thiophene rings is 1. The zero-order valence-corrected chi connectivity index (χ0v) is 15.2. The van der Waals surface area contributed by atoms with Crippen molar-refractivity contribution in [1.29, 1.82) is 0 Å². The molecule has 1 aromatic carbocycles. The van der Waals surface area contributed by atoms with Gasteiger partial charge in [0.25, 0.3) is 5.91 Å². The number of benzene rings is 1. The number of hydrogen-bond donors (Lipinski definition) is 1. The maximum Gasteiger partial charge on any atom is 0.263 e. The number of nitrogens with zero attached hydrogens (tertiary/aromatic N) is 1. The fraction of sp³-hybridized carbons (Fsp3) is 0.368. The quantitative estimate of drug-likeness (QED) is 0.881. The first kappa shape index (κ1) is 18.5. The van der Waals surface area contributed by atoms with E-state index in [1.807, 2.05) is 11.4 Å². The van der Waals surface area contributed by atoms with Crippen LogP contribution in [0.4, 0.5) is 8.78 Å². The molecule has 2 atom stereocenters. The van der Waals surface area contributed by atoms with E-state index in [2.05, 4.69) is 5.32 Å². The van der Waals surface area contributed by atoms with E-state index in [1.165, 1.54) is 23.5 Å². The molecule has 1 aliphatic heterocycles. The van der Waals surface area contributed by atoms with Crippen molar-refractivity contribution < 1.29 is 18.4 Å². The van der Waals surface area contributed by atoms with Crippen molar-refractivity contribution in [2.45, 2.75) is 25.8 Å². The Morgan fingerprint density at radius 3 is 2.81 bits per heavy atom. The lowest BCUT2D eigenvalue weighted by atomic mass is 9.96. The summed E-state index contributed by atoms with van der Waals surface area (Å²) in [7, 11) is 0. The topological polar surface area (TPSA) is 49.4 Å². The maximum atomic E-state index is 13.9. The van der Waals surface area contributed by atoms with Crippen molar-refractivity contribution in [3.8, 4) is 0 Å². The van der Waals surface area contributed by atoms with Gasteiger partial charge in [0.1, 0.15) is 11.6 Å². The van der Waals surface area contributed by atoms with Crippen LogP contribution in [0, 0.1) is 17.6 Å². The number of likely N-dealkylation sites (tertiary alicyclic amines) is 1. The molecule has 138 valence electrons. The van der Waals surface area contributed by atoms with Gasteiger partial charge in [-0.3, -0.25) is 9.59 Å². The van der Waals surface area contributed by atoms with Crippen LogP contribution in [0.3, 0.4) is 0 Å². The van der Waals surface area contributed by atoms with Crippen molar-refractivity contribution in [2.75, 3.05) is 13.1 Å². The number of piperidine rings is 1. The zero-order valence-electron chi connectivity index (χ0n) is 14.4. The summed E-state index contributed by atoms with van der Waals surface area (Å²) in [6.07, 6.45) is 1.42. The number of carbonyl (C=O) groups excluding carboxylic acids is 2. The molecular weight excluding hydrogens is 358 g/mol. The van der Waals surface area contributed by atoms with Gasteiger partial charge in [0, 0.05) is 24.7 Å². The van der Waals surface area contributed by atoms with E-state index in [1.54, 1.807) is 17.9 Å². The summed E-state index contributed by atoms with van der Waals surface area (Å²) in [6.45, 7) is 2.63. The Morgan fingerprint density at radius 2 is 2.12 bits per heavy atom. The average molecular weight is 378 g/mol. The summed E-state index contributed by atoms with van der Waals surface area (Å²) in [5.41, 5.74) is 0.238. The molecule has 2 aromatic rings. The molecular formula is C19H20F2N2O2S. The molecule has 7 heteroatoms. The van der Waals surface area contributed by atoms with Crippen molar-refractivity contribution >= 4 is 23.2 Å². The molecule has 0 saturated carbocycles. The number of carbonyl (C=O) groups is 2. The number of rotatable bonds is 4. The van der Waals surface area contributed by atoms with E-state index in [0.717, 1.165) is 12.5 Å². The Morgan fingerprint density at radius 1 is 1.31 bits per heavy atom. The van der Waals surface area contributed by atoms with Crippen LogP contribution in [-0.2, 0) is 4.79 Å². The van der Waals surface area contributed by atoms with Crippen LogP contribution in [-0.4, -0.2) is 29.8 Å². The highest BCUT2D eigenvalue weighted by Gasteiger charge is 2.30. The van der Waals surface area contributed by atoms with E-state index in [0.29, 0.717) is 24.4 Å². The van der Waals surface area contributed by atoms with Gasteiger partial charge in [-0.15, -0.1) is 11.3 Å². The molecule has 0 spiro atoms. The van der Waals surface area contributed by atoms with Crippen LogP contribution in [0.5, 0.6) is 0 Å². The Balaban J connectivity index is 1.63. The summed E-state index contributed by atoms with van der Waals surface area (Å²) >= 11 is 1.38. The first-order chi connectivity index (χ1) is 12.5. The normalized spacial score (nSPS) is 18.4. The minimum atomic E-state index is -0.684. The molecule has 1 aromatic heterocycles. The molecule has 0 bridgehead atoms. The summed E-state index contributed by atoms with van der Waals surface area (Å²) in [6, 6.07) is 6.33. The largest absolute Gasteiger partial charge is 0.349 e. The predicted octanol–water partition coefficient (Wildman–Crippen LogP) is 3.76. The highest BCUT2D eigenvalue weighted by atomic mass is 32.1. The van der Waals surface area contributed by atoms with Gasteiger partial charge in [-0.1, -0.05) is 12.1 Å². The molecule has 26 heavy (non-hydrogen) atoms. The van der Waals surface area contributed by atoms with E-state index in [4.69, 9.17) is 0 Å². The molecule has 0 aliphatic carbocycles. The molecule has 1 N–H and O–H groups in total. The van der Waals surface area contributed by atoms with Crippen LogP contribution < -0.4 is 5.32 Å². The van der Waals surface area contributed by atoms with Gasteiger partial charge in [0.05, 0.1) is 16.8 Å².